The monoisotopic (exact) mass is 251 g/mol. The maximum atomic E-state index is 5.52. The van der Waals surface area contributed by atoms with Crippen LogP contribution in [0.15, 0.2) is 34.9 Å². The lowest BCUT2D eigenvalue weighted by molar-refractivity contribution is 0.458. The van der Waals surface area contributed by atoms with E-state index < -0.39 is 0 Å². The van der Waals surface area contributed by atoms with E-state index in [1.807, 2.05) is 13.0 Å². The van der Waals surface area contributed by atoms with Crippen LogP contribution in [-0.2, 0) is 0 Å². The summed E-state index contributed by atoms with van der Waals surface area (Å²) in [6, 6.07) is 10.6. The minimum atomic E-state index is 0.886. The molecule has 0 amide bonds. The van der Waals surface area contributed by atoms with Crippen LogP contribution in [0.4, 0.5) is 0 Å². The number of rotatable bonds is 1. The highest BCUT2D eigenvalue weighted by atomic mass is 16.5. The molecule has 3 aromatic rings. The molecule has 3 rings (SSSR count). The molecule has 2 aromatic carbocycles. The Labute approximate surface area is 113 Å². The molecule has 0 unspecified atom stereocenters. The smallest absolute Gasteiger partial charge is 0.170 e. The summed E-state index contributed by atoms with van der Waals surface area (Å²) in [5.41, 5.74) is 7.92. The van der Waals surface area contributed by atoms with Gasteiger partial charge in [-0.2, -0.15) is 0 Å². The molecule has 0 fully saturated rings. The van der Waals surface area contributed by atoms with Gasteiger partial charge >= 0.3 is 0 Å². The number of nitrogens with zero attached hydrogens (tertiary/aromatic N) is 1. The Morgan fingerprint density at radius 3 is 2.26 bits per heavy atom. The summed E-state index contributed by atoms with van der Waals surface area (Å²) >= 11 is 0. The average Bonchev–Trinajstić information content (AvgIpc) is 2.73. The van der Waals surface area contributed by atoms with Crippen LogP contribution in [-0.4, -0.2) is 5.16 Å². The standard InChI is InChI=1S/C17H17NO/c1-10-8-12(3)15(13(4)9-10)16-14-7-5-6-11(2)17(14)19-18-16/h5-9H,1-4H3. The van der Waals surface area contributed by atoms with Crippen LogP contribution >= 0.6 is 0 Å². The molecule has 0 saturated heterocycles. The maximum absolute atomic E-state index is 5.52. The molecule has 2 nitrogen and oxygen atoms in total. The summed E-state index contributed by atoms with van der Waals surface area (Å²) in [6.07, 6.45) is 0. The number of hydrogen-bond donors (Lipinski definition) is 0. The van der Waals surface area contributed by atoms with Gasteiger partial charge in [0.05, 0.1) is 0 Å². The van der Waals surface area contributed by atoms with E-state index in [9.17, 15) is 0 Å². The van der Waals surface area contributed by atoms with Crippen LogP contribution in [0.2, 0.25) is 0 Å². The van der Waals surface area contributed by atoms with Crippen molar-refractivity contribution in [2.75, 3.05) is 0 Å². The molecule has 0 N–H and O–H groups in total. The van der Waals surface area contributed by atoms with Gasteiger partial charge in [0, 0.05) is 10.9 Å². The van der Waals surface area contributed by atoms with Crippen molar-refractivity contribution in [1.82, 2.24) is 5.16 Å². The van der Waals surface area contributed by atoms with Crippen molar-refractivity contribution in [1.29, 1.82) is 0 Å². The lowest BCUT2D eigenvalue weighted by atomic mass is 9.95. The van der Waals surface area contributed by atoms with Crippen LogP contribution in [0.25, 0.3) is 22.2 Å². The lowest BCUT2D eigenvalue weighted by Gasteiger charge is -2.08. The minimum absolute atomic E-state index is 0.886. The van der Waals surface area contributed by atoms with Crippen molar-refractivity contribution in [3.8, 4) is 11.3 Å². The van der Waals surface area contributed by atoms with Gasteiger partial charge in [-0.3, -0.25) is 0 Å². The Morgan fingerprint density at radius 1 is 0.895 bits per heavy atom. The van der Waals surface area contributed by atoms with Crippen molar-refractivity contribution >= 4 is 11.0 Å². The van der Waals surface area contributed by atoms with Crippen LogP contribution in [0.1, 0.15) is 22.3 Å². The van der Waals surface area contributed by atoms with Crippen LogP contribution in [0, 0.1) is 27.7 Å². The van der Waals surface area contributed by atoms with E-state index in [2.05, 4.69) is 50.2 Å². The highest BCUT2D eigenvalue weighted by Gasteiger charge is 2.15. The zero-order chi connectivity index (χ0) is 13.6. The third-order valence-electron chi connectivity index (χ3n) is 3.61. The predicted octanol–water partition coefficient (Wildman–Crippen LogP) is 4.73. The van der Waals surface area contributed by atoms with Gasteiger partial charge in [0.25, 0.3) is 0 Å². The van der Waals surface area contributed by atoms with Crippen molar-refractivity contribution in [2.45, 2.75) is 27.7 Å². The van der Waals surface area contributed by atoms with E-state index in [4.69, 9.17) is 4.52 Å². The highest BCUT2D eigenvalue weighted by Crippen LogP contribution is 2.34. The van der Waals surface area contributed by atoms with E-state index in [1.165, 1.54) is 22.3 Å². The number of fused-ring (bicyclic) bond motifs is 1. The molecule has 0 aliphatic carbocycles. The normalized spacial score (nSPS) is 11.2. The van der Waals surface area contributed by atoms with E-state index in [1.54, 1.807) is 0 Å². The first-order valence-corrected chi connectivity index (χ1v) is 6.51. The highest BCUT2D eigenvalue weighted by molar-refractivity contribution is 5.94. The number of aryl methyl sites for hydroxylation is 4. The van der Waals surface area contributed by atoms with Crippen LogP contribution in [0.5, 0.6) is 0 Å². The van der Waals surface area contributed by atoms with Gasteiger partial charge in [-0.25, -0.2) is 0 Å². The largest absolute Gasteiger partial charge is 0.355 e. The Bertz CT molecular complexity index is 745. The summed E-state index contributed by atoms with van der Waals surface area (Å²) < 4.78 is 5.52. The third kappa shape index (κ3) is 1.84. The summed E-state index contributed by atoms with van der Waals surface area (Å²) in [6.45, 7) is 8.43. The summed E-state index contributed by atoms with van der Waals surface area (Å²) in [5, 5.41) is 5.40. The van der Waals surface area contributed by atoms with Crippen LogP contribution in [0.3, 0.4) is 0 Å². The molecule has 0 radical (unpaired) electrons. The molecule has 1 heterocycles. The number of hydrogen-bond acceptors (Lipinski definition) is 2. The maximum Gasteiger partial charge on any atom is 0.170 e. The van der Waals surface area contributed by atoms with Gasteiger partial charge in [0.2, 0.25) is 0 Å². The molecule has 0 bridgehead atoms. The van der Waals surface area contributed by atoms with Gasteiger partial charge in [-0.15, -0.1) is 0 Å². The van der Waals surface area contributed by atoms with Crippen molar-refractivity contribution in [2.24, 2.45) is 0 Å². The molecule has 0 aliphatic rings. The molecular weight excluding hydrogens is 234 g/mol. The van der Waals surface area contributed by atoms with Gasteiger partial charge in [-0.05, 0) is 50.5 Å². The van der Waals surface area contributed by atoms with E-state index in [0.29, 0.717) is 0 Å². The Kier molecular flexibility index (Phi) is 2.67. The zero-order valence-corrected chi connectivity index (χ0v) is 11.7. The molecular formula is C17H17NO. The van der Waals surface area contributed by atoms with E-state index >= 15 is 0 Å². The summed E-state index contributed by atoms with van der Waals surface area (Å²) in [4.78, 5) is 0. The first kappa shape index (κ1) is 12.0. The SMILES string of the molecule is Cc1cc(C)c(-c2noc3c(C)cccc23)c(C)c1. The predicted molar refractivity (Wildman–Crippen MR) is 78.4 cm³/mol. The minimum Gasteiger partial charge on any atom is -0.355 e. The molecule has 1 aromatic heterocycles. The first-order valence-electron chi connectivity index (χ1n) is 6.51. The molecule has 0 saturated carbocycles. The van der Waals surface area contributed by atoms with Crippen molar-refractivity contribution < 1.29 is 4.52 Å². The molecule has 2 heteroatoms. The first-order chi connectivity index (χ1) is 9.08. The average molecular weight is 251 g/mol. The molecule has 0 atom stereocenters. The van der Waals surface area contributed by atoms with Gasteiger partial charge in [-0.1, -0.05) is 35.0 Å². The van der Waals surface area contributed by atoms with E-state index in [0.717, 1.165) is 22.2 Å². The second-order valence-electron chi connectivity index (χ2n) is 5.26. The van der Waals surface area contributed by atoms with Crippen LogP contribution < -0.4 is 0 Å². The third-order valence-corrected chi connectivity index (χ3v) is 3.61. The lowest BCUT2D eigenvalue weighted by Crippen LogP contribution is -1.90. The molecule has 0 aliphatic heterocycles. The number of benzene rings is 2. The second kappa shape index (κ2) is 4.23. The Morgan fingerprint density at radius 2 is 1.58 bits per heavy atom. The zero-order valence-electron chi connectivity index (χ0n) is 11.7. The fraction of sp³-hybridized carbons (Fsp3) is 0.235. The molecule has 19 heavy (non-hydrogen) atoms. The van der Waals surface area contributed by atoms with E-state index in [-0.39, 0.29) is 0 Å². The van der Waals surface area contributed by atoms with Crippen molar-refractivity contribution in [3.05, 3.63) is 52.6 Å². The summed E-state index contributed by atoms with van der Waals surface area (Å²) in [5.74, 6) is 0. The van der Waals surface area contributed by atoms with Gasteiger partial charge in [0.15, 0.2) is 5.58 Å². The molecule has 0 spiro atoms. The Hall–Kier alpha value is -2.09. The van der Waals surface area contributed by atoms with Gasteiger partial charge < -0.3 is 4.52 Å². The Balaban J connectivity index is 2.34. The quantitative estimate of drug-likeness (QED) is 0.625. The topological polar surface area (TPSA) is 26.0 Å². The van der Waals surface area contributed by atoms with Gasteiger partial charge in [0.1, 0.15) is 5.69 Å². The second-order valence-corrected chi connectivity index (χ2v) is 5.26. The fourth-order valence-electron chi connectivity index (χ4n) is 2.83. The number of para-hydroxylation sites is 1. The number of aromatic nitrogens is 1. The summed E-state index contributed by atoms with van der Waals surface area (Å²) in [7, 11) is 0. The fourth-order valence-corrected chi connectivity index (χ4v) is 2.83. The van der Waals surface area contributed by atoms with Crippen molar-refractivity contribution in [3.63, 3.8) is 0 Å². The molecule has 96 valence electrons.